The van der Waals surface area contributed by atoms with Gasteiger partial charge in [0, 0.05) is 20.6 Å². The summed E-state index contributed by atoms with van der Waals surface area (Å²) in [5.74, 6) is 1.66. The highest BCUT2D eigenvalue weighted by Gasteiger charge is 2.58. The molecule has 0 saturated heterocycles. The van der Waals surface area contributed by atoms with Crippen molar-refractivity contribution in [1.29, 1.82) is 0 Å². The molecule has 0 heterocycles. The molecule has 0 spiro atoms. The summed E-state index contributed by atoms with van der Waals surface area (Å²) in [5, 5.41) is 0.957. The van der Waals surface area contributed by atoms with E-state index in [-0.39, 0.29) is 4.90 Å². The van der Waals surface area contributed by atoms with E-state index in [1.54, 1.807) is 12.1 Å². The minimum atomic E-state index is -4.27. The monoisotopic (exact) mass is 486 g/mol. The van der Waals surface area contributed by atoms with Crippen LogP contribution in [0.5, 0.6) is 0 Å². The first-order chi connectivity index (χ1) is 14.5. The minimum absolute atomic E-state index is 0.178. The number of benzene rings is 1. The highest BCUT2D eigenvalue weighted by atomic mass is 32.2. The van der Waals surface area contributed by atoms with Crippen LogP contribution < -0.4 is 0 Å². The van der Waals surface area contributed by atoms with Crippen LogP contribution in [0.25, 0.3) is 0 Å². The Labute approximate surface area is 201 Å². The van der Waals surface area contributed by atoms with Crippen LogP contribution in [0.2, 0.25) is 0 Å². The van der Waals surface area contributed by atoms with Gasteiger partial charge < -0.3 is 4.55 Å². The molecule has 0 radical (unpaired) electrons. The van der Waals surface area contributed by atoms with E-state index in [0.717, 1.165) is 17.4 Å². The van der Waals surface area contributed by atoms with Crippen molar-refractivity contribution in [2.45, 2.75) is 116 Å². The molecule has 0 amide bonds. The summed E-state index contributed by atoms with van der Waals surface area (Å²) in [4.78, 5) is -0.178. The van der Waals surface area contributed by atoms with Gasteiger partial charge in [-0.15, -0.1) is 0 Å². The van der Waals surface area contributed by atoms with Gasteiger partial charge in [-0.1, -0.05) is 71.1 Å². The molecular formula is C27H51O3PS. The highest BCUT2D eigenvalue weighted by Crippen LogP contribution is 2.75. The molecule has 2 atom stereocenters. The van der Waals surface area contributed by atoms with Gasteiger partial charge in [-0.05, 0) is 71.4 Å². The Morgan fingerprint density at radius 1 is 0.844 bits per heavy atom. The van der Waals surface area contributed by atoms with Crippen molar-refractivity contribution in [1.82, 2.24) is 0 Å². The lowest BCUT2D eigenvalue weighted by Crippen LogP contribution is -2.44. The summed E-state index contributed by atoms with van der Waals surface area (Å²) in [6.07, 6.45) is 8.22. The van der Waals surface area contributed by atoms with Crippen molar-refractivity contribution in [3.05, 3.63) is 29.8 Å². The zero-order chi connectivity index (χ0) is 25.4. The van der Waals surface area contributed by atoms with E-state index in [1.807, 2.05) is 6.92 Å². The predicted octanol–water partition coefficient (Wildman–Crippen LogP) is 8.37. The van der Waals surface area contributed by atoms with Gasteiger partial charge in [-0.25, -0.2) is 8.42 Å². The average Bonchev–Trinajstić information content (AvgIpc) is 2.69. The maximum Gasteiger partial charge on any atom is 0.124 e. The second-order valence-electron chi connectivity index (χ2n) is 11.1. The second-order valence-corrected chi connectivity index (χ2v) is 17.7. The molecule has 0 saturated carbocycles. The molecule has 0 aliphatic heterocycles. The Morgan fingerprint density at radius 2 is 1.19 bits per heavy atom. The summed E-state index contributed by atoms with van der Waals surface area (Å²) in [5.41, 5.74) is 0.928. The Kier molecular flexibility index (Phi) is 12.7. The van der Waals surface area contributed by atoms with Gasteiger partial charge >= 0.3 is 0 Å². The maximum absolute atomic E-state index is 10.4. The van der Waals surface area contributed by atoms with E-state index >= 15 is 0 Å². The summed E-state index contributed by atoms with van der Waals surface area (Å²) >= 11 is 0. The molecule has 0 fully saturated rings. The molecule has 0 aromatic heterocycles. The third kappa shape index (κ3) is 8.41. The number of aryl methyl sites for hydroxylation is 1. The molecule has 1 aromatic rings. The van der Waals surface area contributed by atoms with E-state index in [9.17, 15) is 13.0 Å². The summed E-state index contributed by atoms with van der Waals surface area (Å²) in [6, 6.07) is 5.78. The molecule has 0 aliphatic carbocycles. The Hall–Kier alpha value is -0.440. The summed E-state index contributed by atoms with van der Waals surface area (Å²) in [6.45, 7) is 27.0. The lowest BCUT2D eigenvalue weighted by molar-refractivity contribution is 0.367. The van der Waals surface area contributed by atoms with E-state index in [2.05, 4.69) is 68.7 Å². The minimum Gasteiger partial charge on any atom is -0.744 e. The fraction of sp³-hybridized carbons (Fsp3) is 0.778. The number of hydrogen-bond donors (Lipinski definition) is 0. The van der Waals surface area contributed by atoms with Crippen LogP contribution in [-0.2, 0) is 10.1 Å². The first kappa shape index (κ1) is 31.6. The van der Waals surface area contributed by atoms with Crippen LogP contribution >= 0.6 is 7.26 Å². The van der Waals surface area contributed by atoms with Gasteiger partial charge in [0.25, 0.3) is 0 Å². The Morgan fingerprint density at radius 3 is 1.47 bits per heavy atom. The van der Waals surface area contributed by atoms with Crippen molar-refractivity contribution in [3.8, 4) is 0 Å². The molecule has 0 N–H and O–H groups in total. The van der Waals surface area contributed by atoms with Crippen LogP contribution in [0.4, 0.5) is 0 Å². The Bertz CT molecular complexity index is 737. The van der Waals surface area contributed by atoms with Crippen molar-refractivity contribution < 1.29 is 13.0 Å². The fourth-order valence-corrected chi connectivity index (χ4v) is 8.69. The number of hydrogen-bond acceptors (Lipinski definition) is 3. The average molecular weight is 487 g/mol. The van der Waals surface area contributed by atoms with E-state index in [4.69, 9.17) is 0 Å². The maximum atomic E-state index is 10.4. The molecule has 0 bridgehead atoms. The largest absolute Gasteiger partial charge is 0.744 e. The molecule has 2 unspecified atom stereocenters. The predicted molar refractivity (Wildman–Crippen MR) is 143 cm³/mol. The topological polar surface area (TPSA) is 57.2 Å². The smallest absolute Gasteiger partial charge is 0.124 e. The quantitative estimate of drug-likeness (QED) is 0.233. The van der Waals surface area contributed by atoms with Crippen molar-refractivity contribution in [3.63, 3.8) is 0 Å². The first-order valence-corrected chi connectivity index (χ1v) is 16.4. The lowest BCUT2D eigenvalue weighted by atomic mass is 9.90. The van der Waals surface area contributed by atoms with Crippen LogP contribution in [0, 0.1) is 18.8 Å². The van der Waals surface area contributed by atoms with Gasteiger partial charge in [-0.3, -0.25) is 0 Å². The van der Waals surface area contributed by atoms with Gasteiger partial charge in [0.15, 0.2) is 0 Å². The summed E-state index contributed by atoms with van der Waals surface area (Å²) in [7, 11) is -5.31. The van der Waals surface area contributed by atoms with E-state index < -0.39 is 17.4 Å². The molecule has 5 heteroatoms. The molecule has 32 heavy (non-hydrogen) atoms. The van der Waals surface area contributed by atoms with Crippen LogP contribution in [0.1, 0.15) is 99.5 Å². The van der Waals surface area contributed by atoms with E-state index in [0.29, 0.717) is 10.3 Å². The van der Waals surface area contributed by atoms with Crippen LogP contribution in [0.3, 0.4) is 0 Å². The normalized spacial score (nSPS) is 15.0. The van der Waals surface area contributed by atoms with Gasteiger partial charge in [0.05, 0.1) is 15.2 Å². The third-order valence-corrected chi connectivity index (χ3v) is 16.1. The Balaban J connectivity index is 0.000000726. The zero-order valence-corrected chi connectivity index (χ0v) is 24.5. The number of rotatable bonds is 11. The standard InChI is InChI=1S/C20H44P.C7H8O3S/c1-11-13-15-17(3)19(5,6)21(9,10)20(7,8)18(4)16-14-12-2;1-6-2-4-7(5-3-6)11(8,9)10/h17-18H,11-16H2,1-10H3;2-5H,1H3,(H,8,9,10)/q+1;/p-1. The van der Waals surface area contributed by atoms with E-state index in [1.165, 1.54) is 50.7 Å². The van der Waals surface area contributed by atoms with Crippen molar-refractivity contribution in [2.75, 3.05) is 13.3 Å². The van der Waals surface area contributed by atoms with Gasteiger partial charge in [0.2, 0.25) is 0 Å². The SMILES string of the molecule is CCCCC(C)C(C)(C)[P+](C)(C)C(C)(C)C(C)CCCC.Cc1ccc(S(=O)(=O)[O-])cc1. The molecule has 0 aliphatic rings. The molecule has 3 nitrogen and oxygen atoms in total. The number of unbranched alkanes of at least 4 members (excludes halogenated alkanes) is 2. The molecular weight excluding hydrogens is 435 g/mol. The van der Waals surface area contributed by atoms with Crippen LogP contribution in [-0.4, -0.2) is 36.6 Å². The van der Waals surface area contributed by atoms with Crippen molar-refractivity contribution >= 4 is 17.4 Å². The lowest BCUT2D eigenvalue weighted by Gasteiger charge is -2.51. The second kappa shape index (κ2) is 12.9. The third-order valence-electron chi connectivity index (χ3n) is 8.58. The fourth-order valence-electron chi connectivity index (χ4n) is 4.28. The highest BCUT2D eigenvalue weighted by molar-refractivity contribution is 7.85. The zero-order valence-electron chi connectivity index (χ0n) is 22.8. The molecule has 1 aromatic carbocycles. The molecule has 1 rings (SSSR count). The summed E-state index contributed by atoms with van der Waals surface area (Å²) < 4.78 is 31.2. The van der Waals surface area contributed by atoms with Crippen molar-refractivity contribution in [2.24, 2.45) is 11.8 Å². The first-order valence-electron chi connectivity index (χ1n) is 12.3. The van der Waals surface area contributed by atoms with Crippen LogP contribution in [0.15, 0.2) is 29.2 Å². The molecule has 188 valence electrons. The van der Waals surface area contributed by atoms with Gasteiger partial charge in [-0.2, -0.15) is 0 Å². The van der Waals surface area contributed by atoms with Gasteiger partial charge in [0.1, 0.15) is 10.1 Å².